The molecule has 2 aromatic heterocycles. The molecule has 33 heavy (non-hydrogen) atoms. The lowest BCUT2D eigenvalue weighted by Gasteiger charge is -2.22. The molecule has 2 heterocycles. The van der Waals surface area contributed by atoms with E-state index in [1.165, 1.54) is 0 Å². The third-order valence-electron chi connectivity index (χ3n) is 5.05. The Labute approximate surface area is 192 Å². The van der Waals surface area contributed by atoms with E-state index in [-0.39, 0.29) is 17.5 Å². The molecule has 3 aromatic rings. The van der Waals surface area contributed by atoms with Crippen molar-refractivity contribution >= 4 is 28.6 Å². The summed E-state index contributed by atoms with van der Waals surface area (Å²) in [4.78, 5) is 26.1. The first-order valence-corrected chi connectivity index (χ1v) is 11.0. The largest absolute Gasteiger partial charge is 0.493 e. The van der Waals surface area contributed by atoms with Gasteiger partial charge in [-0.1, -0.05) is 20.3 Å². The highest BCUT2D eigenvalue weighted by Crippen LogP contribution is 2.33. The number of aliphatic imine (C=N–C) groups is 1. The van der Waals surface area contributed by atoms with E-state index in [0.717, 1.165) is 18.5 Å². The molecule has 11 nitrogen and oxygen atoms in total. The quantitative estimate of drug-likeness (QED) is 0.299. The Balaban J connectivity index is 2.21. The van der Waals surface area contributed by atoms with Crippen molar-refractivity contribution < 1.29 is 4.74 Å². The number of H-pyrrole nitrogens is 1. The van der Waals surface area contributed by atoms with Gasteiger partial charge in [0.15, 0.2) is 11.5 Å². The predicted octanol–water partition coefficient (Wildman–Crippen LogP) is 2.10. The van der Waals surface area contributed by atoms with Crippen molar-refractivity contribution in [2.45, 2.75) is 40.0 Å². The maximum atomic E-state index is 13.0. The summed E-state index contributed by atoms with van der Waals surface area (Å²) < 4.78 is 7.51. The zero-order chi connectivity index (χ0) is 24.1. The van der Waals surface area contributed by atoms with E-state index < -0.39 is 0 Å². The summed E-state index contributed by atoms with van der Waals surface area (Å²) >= 11 is 0. The Morgan fingerprint density at radius 3 is 2.67 bits per heavy atom. The summed E-state index contributed by atoms with van der Waals surface area (Å²) in [6.07, 6.45) is 2.42. The lowest BCUT2D eigenvalue weighted by Crippen LogP contribution is -2.33. The van der Waals surface area contributed by atoms with Gasteiger partial charge in [-0.25, -0.2) is 4.98 Å². The number of nitrogens with one attached hydrogen (secondary N) is 2. The van der Waals surface area contributed by atoms with Crippen LogP contribution in [-0.4, -0.2) is 44.8 Å². The van der Waals surface area contributed by atoms with Gasteiger partial charge in [-0.2, -0.15) is 10.1 Å². The van der Waals surface area contributed by atoms with Gasteiger partial charge in [0.1, 0.15) is 17.1 Å². The Kier molecular flexibility index (Phi) is 7.31. The zero-order valence-corrected chi connectivity index (χ0v) is 19.5. The van der Waals surface area contributed by atoms with Crippen LogP contribution in [-0.2, 0) is 13.5 Å². The van der Waals surface area contributed by atoms with Crippen LogP contribution < -0.4 is 26.7 Å². The number of ether oxygens (including phenoxy) is 1. The molecular weight excluding hydrogens is 422 g/mol. The van der Waals surface area contributed by atoms with Crippen LogP contribution in [0.4, 0.5) is 5.69 Å². The van der Waals surface area contributed by atoms with Gasteiger partial charge in [-0.15, -0.1) is 0 Å². The summed E-state index contributed by atoms with van der Waals surface area (Å²) in [5.74, 6) is 0.654. The molecule has 0 atom stereocenters. The third-order valence-corrected chi connectivity index (χ3v) is 5.05. The second-order valence-electron chi connectivity index (χ2n) is 7.57. The fourth-order valence-corrected chi connectivity index (χ4v) is 3.63. The van der Waals surface area contributed by atoms with E-state index in [1.54, 1.807) is 22.7 Å². The number of guanidine groups is 2. The molecule has 0 saturated carbocycles. The highest BCUT2D eigenvalue weighted by molar-refractivity contribution is 6.01. The number of anilines is 1. The van der Waals surface area contributed by atoms with Gasteiger partial charge < -0.3 is 26.1 Å². The summed E-state index contributed by atoms with van der Waals surface area (Å²) in [5, 5.41) is 12.7. The highest BCUT2D eigenvalue weighted by atomic mass is 16.5. The van der Waals surface area contributed by atoms with E-state index in [9.17, 15) is 4.79 Å². The van der Waals surface area contributed by atoms with Gasteiger partial charge in [-0.05, 0) is 38.0 Å². The number of hydrogen-bond donors (Lipinski definition) is 4. The average molecular weight is 454 g/mol. The summed E-state index contributed by atoms with van der Waals surface area (Å²) in [6.45, 7) is 6.92. The number of fused-ring (bicyclic) bond motifs is 1. The van der Waals surface area contributed by atoms with Gasteiger partial charge in [0.05, 0.1) is 17.9 Å². The summed E-state index contributed by atoms with van der Waals surface area (Å²) in [6, 6.07) is 5.43. The number of aromatic amines is 1. The summed E-state index contributed by atoms with van der Waals surface area (Å²) in [7, 11) is 1.74. The predicted molar refractivity (Wildman–Crippen MR) is 131 cm³/mol. The van der Waals surface area contributed by atoms with Crippen LogP contribution in [0.3, 0.4) is 0 Å². The minimum Gasteiger partial charge on any atom is -0.493 e. The topological polar surface area (TPSA) is 164 Å². The van der Waals surface area contributed by atoms with Gasteiger partial charge in [0, 0.05) is 19.3 Å². The van der Waals surface area contributed by atoms with Crippen molar-refractivity contribution in [3.63, 3.8) is 0 Å². The van der Waals surface area contributed by atoms with Crippen LogP contribution in [0.25, 0.3) is 22.4 Å². The molecule has 0 spiro atoms. The maximum Gasteiger partial charge on any atom is 0.277 e. The van der Waals surface area contributed by atoms with Gasteiger partial charge >= 0.3 is 0 Å². The lowest BCUT2D eigenvalue weighted by atomic mass is 10.1. The minimum atomic E-state index is -0.278. The molecule has 6 N–H and O–H groups in total. The second kappa shape index (κ2) is 10.2. The molecule has 1 aromatic carbocycles. The number of hydrogen-bond acceptors (Lipinski definition) is 5. The van der Waals surface area contributed by atoms with E-state index in [0.29, 0.717) is 53.4 Å². The number of aryl methyl sites for hydroxylation is 2. The fourth-order valence-electron chi connectivity index (χ4n) is 3.63. The number of aromatic nitrogens is 4. The van der Waals surface area contributed by atoms with E-state index >= 15 is 0 Å². The molecule has 0 aliphatic carbocycles. The molecule has 0 unspecified atom stereocenters. The number of rotatable bonds is 8. The Morgan fingerprint density at radius 2 is 2.03 bits per heavy atom. The number of nitrogens with zero attached hydrogens (tertiary/aromatic N) is 5. The lowest BCUT2D eigenvalue weighted by molar-refractivity contribution is 0.318. The molecule has 3 rings (SSSR count). The van der Waals surface area contributed by atoms with Crippen molar-refractivity contribution in [1.29, 1.82) is 5.41 Å². The van der Waals surface area contributed by atoms with Crippen LogP contribution in [0, 0.1) is 5.41 Å². The number of benzene rings is 1. The molecule has 0 fully saturated rings. The van der Waals surface area contributed by atoms with Crippen LogP contribution in [0.2, 0.25) is 0 Å². The molecule has 176 valence electrons. The summed E-state index contributed by atoms with van der Waals surface area (Å²) in [5.41, 5.74) is 13.7. The monoisotopic (exact) mass is 453 g/mol. The Bertz CT molecular complexity index is 1240. The van der Waals surface area contributed by atoms with Crippen molar-refractivity contribution in [3.05, 3.63) is 34.2 Å². The first-order valence-electron chi connectivity index (χ1n) is 11.0. The van der Waals surface area contributed by atoms with Crippen molar-refractivity contribution in [1.82, 2.24) is 19.7 Å². The van der Waals surface area contributed by atoms with Gasteiger partial charge in [0.25, 0.3) is 5.56 Å². The Morgan fingerprint density at radius 1 is 1.27 bits per heavy atom. The van der Waals surface area contributed by atoms with Crippen LogP contribution in [0.1, 0.15) is 39.3 Å². The number of nitrogens with two attached hydrogens (primary N) is 2. The highest BCUT2D eigenvalue weighted by Gasteiger charge is 2.19. The average Bonchev–Trinajstić information content (AvgIpc) is 3.08. The van der Waals surface area contributed by atoms with Gasteiger partial charge in [0.2, 0.25) is 5.96 Å². The fraction of sp³-hybridized carbons (Fsp3) is 0.409. The van der Waals surface area contributed by atoms with Crippen LogP contribution in [0.5, 0.6) is 5.75 Å². The van der Waals surface area contributed by atoms with E-state index in [4.69, 9.17) is 26.6 Å². The third kappa shape index (κ3) is 4.97. The minimum absolute atomic E-state index is 0.0972. The smallest absolute Gasteiger partial charge is 0.277 e. The zero-order valence-electron chi connectivity index (χ0n) is 19.5. The molecule has 0 saturated heterocycles. The molecular formula is C22H31N9O2. The van der Waals surface area contributed by atoms with Gasteiger partial charge in [-0.3, -0.25) is 14.9 Å². The molecule has 11 heteroatoms. The first kappa shape index (κ1) is 23.8. The molecule has 0 radical (unpaired) electrons. The normalized spacial score (nSPS) is 10.9. The molecule has 0 bridgehead atoms. The SMILES string of the molecule is CCCOc1ccc(N(CC)C(=N)N=C(N)N)cc1-c1nc2c(CCC)nn(C)c2c(=O)[nH]1. The van der Waals surface area contributed by atoms with Crippen molar-refractivity contribution in [2.24, 2.45) is 23.5 Å². The van der Waals surface area contributed by atoms with E-state index in [1.807, 2.05) is 26.0 Å². The van der Waals surface area contributed by atoms with Crippen molar-refractivity contribution in [3.8, 4) is 17.1 Å². The molecule has 0 amide bonds. The second-order valence-corrected chi connectivity index (χ2v) is 7.57. The molecule has 0 aliphatic heterocycles. The van der Waals surface area contributed by atoms with E-state index in [2.05, 4.69) is 22.0 Å². The maximum absolute atomic E-state index is 13.0. The Hall–Kier alpha value is -3.89. The standard InChI is InChI=1S/C22H31N9O2/c1-5-8-15-17-18(30(4)29-15)20(32)27-19(26-17)14-12-13(9-10-16(14)33-11-6-2)31(7-3)22(25)28-21(23)24/h9-10,12H,5-8,11H2,1-4H3,(H,26,27,32)(H5,23,24,25,28). The van der Waals surface area contributed by atoms with Crippen molar-refractivity contribution in [2.75, 3.05) is 18.1 Å². The van der Waals surface area contributed by atoms with Crippen LogP contribution in [0.15, 0.2) is 28.0 Å². The van der Waals surface area contributed by atoms with Crippen LogP contribution >= 0.6 is 0 Å². The first-order chi connectivity index (χ1) is 15.8. The molecule has 0 aliphatic rings.